The first-order chi connectivity index (χ1) is 17.0. The lowest BCUT2D eigenvalue weighted by atomic mass is 10.0. The van der Waals surface area contributed by atoms with Gasteiger partial charge in [0, 0.05) is 30.6 Å². The van der Waals surface area contributed by atoms with Crippen molar-refractivity contribution in [1.29, 1.82) is 0 Å². The number of benzene rings is 3. The molecule has 0 N–H and O–H groups in total. The van der Waals surface area contributed by atoms with Crippen molar-refractivity contribution >= 4 is 46.1 Å². The predicted octanol–water partition coefficient (Wildman–Crippen LogP) is 8.49. The molecule has 1 aliphatic rings. The molecule has 4 heteroatoms. The third kappa shape index (κ3) is 6.32. The number of hydrogen-bond donors (Lipinski definition) is 0. The van der Waals surface area contributed by atoms with E-state index in [0.29, 0.717) is 0 Å². The zero-order chi connectivity index (χ0) is 24.7. The second kappa shape index (κ2) is 11.6. The Labute approximate surface area is 222 Å². The number of ether oxygens (including phenoxy) is 2. The van der Waals surface area contributed by atoms with E-state index in [2.05, 4.69) is 125 Å². The molecule has 0 amide bonds. The van der Waals surface area contributed by atoms with Crippen LogP contribution in [-0.4, -0.2) is 17.8 Å². The molecule has 0 spiro atoms. The summed E-state index contributed by atoms with van der Waals surface area (Å²) >= 11 is 2.35. The highest BCUT2D eigenvalue weighted by molar-refractivity contribution is 14.1. The van der Waals surface area contributed by atoms with Gasteiger partial charge in [-0.25, -0.2) is 0 Å². The van der Waals surface area contributed by atoms with Gasteiger partial charge in [-0.15, -0.1) is 0 Å². The fourth-order valence-corrected chi connectivity index (χ4v) is 4.37. The number of halogens is 1. The lowest BCUT2D eigenvalue weighted by Crippen LogP contribution is -2.25. The molecule has 0 unspecified atom stereocenters. The highest BCUT2D eigenvalue weighted by atomic mass is 127. The molecule has 1 aliphatic carbocycles. The van der Waals surface area contributed by atoms with Gasteiger partial charge in [0.2, 0.25) is 0 Å². The summed E-state index contributed by atoms with van der Waals surface area (Å²) in [5.74, 6) is 0.856. The first-order valence-electron chi connectivity index (χ1n) is 11.6. The molecule has 0 radical (unpaired) electrons. The van der Waals surface area contributed by atoms with Crippen molar-refractivity contribution in [3.63, 3.8) is 0 Å². The topological polar surface area (TPSA) is 21.7 Å². The Bertz CT molecular complexity index is 1260. The summed E-state index contributed by atoms with van der Waals surface area (Å²) in [6.45, 7) is 2.12. The van der Waals surface area contributed by atoms with E-state index in [1.807, 2.05) is 24.3 Å². The Morgan fingerprint density at radius 2 is 1.57 bits per heavy atom. The van der Waals surface area contributed by atoms with Gasteiger partial charge in [-0.05, 0) is 88.7 Å². The van der Waals surface area contributed by atoms with Crippen molar-refractivity contribution in [2.75, 3.05) is 19.1 Å². The molecule has 0 saturated carbocycles. The Morgan fingerprint density at radius 3 is 2.14 bits per heavy atom. The largest absolute Gasteiger partial charge is 0.497 e. The summed E-state index contributed by atoms with van der Waals surface area (Å²) in [7, 11) is 3.45. The number of hydrogen-bond acceptors (Lipinski definition) is 3. The fraction of sp³-hybridized carbons (Fsp3) is 0.161. The molecule has 178 valence electrons. The van der Waals surface area contributed by atoms with E-state index in [0.717, 1.165) is 40.4 Å². The highest BCUT2D eigenvalue weighted by Crippen LogP contribution is 2.39. The average molecular weight is 575 g/mol. The third-order valence-corrected chi connectivity index (χ3v) is 7.21. The van der Waals surface area contributed by atoms with E-state index < -0.39 is 0 Å². The second-order valence-electron chi connectivity index (χ2n) is 8.37. The van der Waals surface area contributed by atoms with E-state index in [4.69, 9.17) is 9.47 Å². The van der Waals surface area contributed by atoms with Crippen LogP contribution in [0.15, 0.2) is 109 Å². The van der Waals surface area contributed by atoms with Crippen LogP contribution in [0.4, 0.5) is 11.4 Å². The molecule has 0 saturated heterocycles. The Balaban J connectivity index is 1.61. The number of aryl methyl sites for hydroxylation is 1. The van der Waals surface area contributed by atoms with Gasteiger partial charge in [-0.2, -0.15) is 0 Å². The number of methoxy groups -OCH3 is 2. The van der Waals surface area contributed by atoms with Gasteiger partial charge < -0.3 is 14.4 Å². The zero-order valence-corrected chi connectivity index (χ0v) is 22.5. The van der Waals surface area contributed by atoms with E-state index in [-0.39, 0.29) is 3.61 Å². The molecule has 0 aromatic heterocycles. The number of anilines is 2. The first kappa shape index (κ1) is 25.0. The molecule has 3 aromatic rings. The van der Waals surface area contributed by atoms with Gasteiger partial charge in [0.25, 0.3) is 0 Å². The van der Waals surface area contributed by atoms with Crippen LogP contribution in [0.25, 0.3) is 12.2 Å². The Morgan fingerprint density at radius 1 is 0.886 bits per heavy atom. The van der Waals surface area contributed by atoms with Crippen molar-refractivity contribution in [3.8, 4) is 5.75 Å². The molecule has 35 heavy (non-hydrogen) atoms. The van der Waals surface area contributed by atoms with Crippen LogP contribution in [0.5, 0.6) is 5.75 Å². The predicted molar refractivity (Wildman–Crippen MR) is 156 cm³/mol. The normalized spacial score (nSPS) is 17.7. The summed E-state index contributed by atoms with van der Waals surface area (Å²) in [4.78, 5) is 2.29. The second-order valence-corrected chi connectivity index (χ2v) is 10.2. The lowest BCUT2D eigenvalue weighted by Gasteiger charge is -2.32. The van der Waals surface area contributed by atoms with Gasteiger partial charge in [-0.3, -0.25) is 0 Å². The Kier molecular flexibility index (Phi) is 8.26. The van der Waals surface area contributed by atoms with E-state index >= 15 is 0 Å². The molecule has 1 atom stereocenters. The van der Waals surface area contributed by atoms with Gasteiger partial charge in [-0.1, -0.05) is 72.8 Å². The molecule has 4 rings (SSSR count). The molecule has 0 heterocycles. The SMILES string of the molecule is COc1ccc(N(C2=CC[C@](I)(OC)C=C2)c2ccc(/C=C/C=C/c3ccccc3)cc2)c(C)c1. The van der Waals surface area contributed by atoms with Crippen molar-refractivity contribution in [3.05, 3.63) is 126 Å². The Hall–Kier alpha value is -3.09. The molecule has 3 nitrogen and oxygen atoms in total. The number of alkyl halides is 1. The van der Waals surface area contributed by atoms with E-state index in [1.165, 1.54) is 5.56 Å². The summed E-state index contributed by atoms with van der Waals surface area (Å²) < 4.78 is 10.8. The third-order valence-electron chi connectivity index (χ3n) is 5.97. The minimum Gasteiger partial charge on any atom is -0.497 e. The highest BCUT2D eigenvalue weighted by Gasteiger charge is 2.26. The van der Waals surface area contributed by atoms with Gasteiger partial charge in [0.1, 0.15) is 9.36 Å². The molecular weight excluding hydrogens is 545 g/mol. The molecule has 0 bridgehead atoms. The minimum atomic E-state index is -0.302. The van der Waals surface area contributed by atoms with Crippen LogP contribution in [0, 0.1) is 6.92 Å². The fourth-order valence-electron chi connectivity index (χ4n) is 3.97. The van der Waals surface area contributed by atoms with Crippen LogP contribution in [0.2, 0.25) is 0 Å². The van der Waals surface area contributed by atoms with Crippen LogP contribution >= 0.6 is 22.6 Å². The number of allylic oxidation sites excluding steroid dienone is 3. The van der Waals surface area contributed by atoms with Gasteiger partial charge >= 0.3 is 0 Å². The van der Waals surface area contributed by atoms with Crippen LogP contribution < -0.4 is 9.64 Å². The van der Waals surface area contributed by atoms with Crippen molar-refractivity contribution in [2.24, 2.45) is 0 Å². The monoisotopic (exact) mass is 575 g/mol. The van der Waals surface area contributed by atoms with Crippen LogP contribution in [0.1, 0.15) is 23.1 Å². The lowest BCUT2D eigenvalue weighted by molar-refractivity contribution is 0.128. The number of nitrogens with zero attached hydrogens (tertiary/aromatic N) is 1. The molecule has 3 aromatic carbocycles. The minimum absolute atomic E-state index is 0.302. The summed E-state index contributed by atoms with van der Waals surface area (Å²) in [6.07, 6.45) is 15.7. The number of rotatable bonds is 8. The maximum Gasteiger partial charge on any atom is 0.140 e. The quantitative estimate of drug-likeness (QED) is 0.153. The average Bonchev–Trinajstić information content (AvgIpc) is 2.90. The summed E-state index contributed by atoms with van der Waals surface area (Å²) in [5, 5.41) is 0. The van der Waals surface area contributed by atoms with Crippen molar-refractivity contribution < 1.29 is 9.47 Å². The maximum absolute atomic E-state index is 5.67. The molecule has 0 aliphatic heterocycles. The van der Waals surface area contributed by atoms with Gasteiger partial charge in [0.15, 0.2) is 0 Å². The summed E-state index contributed by atoms with van der Waals surface area (Å²) in [5.41, 5.74) is 6.83. The zero-order valence-electron chi connectivity index (χ0n) is 20.3. The maximum atomic E-state index is 5.67. The van der Waals surface area contributed by atoms with Crippen molar-refractivity contribution in [1.82, 2.24) is 0 Å². The smallest absolute Gasteiger partial charge is 0.140 e. The summed E-state index contributed by atoms with van der Waals surface area (Å²) in [6, 6.07) is 25.2. The van der Waals surface area contributed by atoms with Gasteiger partial charge in [0.05, 0.1) is 7.11 Å². The van der Waals surface area contributed by atoms with Crippen molar-refractivity contribution in [2.45, 2.75) is 17.0 Å². The standard InChI is InChI=1S/C31H30INO2/c1-24-23-29(34-2)17-18-30(24)33(28-19-21-31(32,35-3)22-20-28)27-15-13-26(14-16-27)12-8-7-11-25-9-5-4-6-10-25/h4-21,23H,22H2,1-3H3/b11-7+,12-8+/t31-/m1/s1. The van der Waals surface area contributed by atoms with Crippen LogP contribution in [0.3, 0.4) is 0 Å². The van der Waals surface area contributed by atoms with E-state index in [1.54, 1.807) is 14.2 Å². The van der Waals surface area contributed by atoms with Crippen LogP contribution in [-0.2, 0) is 4.74 Å². The molecule has 0 fully saturated rings. The molecular formula is C31H30INO2. The first-order valence-corrected chi connectivity index (χ1v) is 12.7. The van der Waals surface area contributed by atoms with E-state index in [9.17, 15) is 0 Å².